The molecule has 36 heavy (non-hydrogen) atoms. The Morgan fingerprint density at radius 2 is 1.83 bits per heavy atom. The van der Waals surface area contributed by atoms with Gasteiger partial charge in [0.05, 0.1) is 22.4 Å². The van der Waals surface area contributed by atoms with Crippen LogP contribution in [0.25, 0.3) is 0 Å². The van der Waals surface area contributed by atoms with Crippen molar-refractivity contribution in [3.63, 3.8) is 0 Å². The maximum absolute atomic E-state index is 13.9. The molecule has 0 bridgehead atoms. The van der Waals surface area contributed by atoms with E-state index in [-0.39, 0.29) is 23.7 Å². The Morgan fingerprint density at radius 1 is 1.11 bits per heavy atom. The third kappa shape index (κ3) is 3.78. The summed E-state index contributed by atoms with van der Waals surface area (Å²) in [5.41, 5.74) is -0.0931. The molecule has 2 amide bonds. The second-order valence-corrected chi connectivity index (χ2v) is 10.3. The number of carbonyl (C=O) groups excluding carboxylic acids is 2. The van der Waals surface area contributed by atoms with E-state index in [2.05, 4.69) is 5.32 Å². The number of benzene rings is 2. The van der Waals surface area contributed by atoms with E-state index in [1.54, 1.807) is 0 Å². The van der Waals surface area contributed by atoms with Crippen LogP contribution in [0.1, 0.15) is 55.7 Å². The predicted octanol–water partition coefficient (Wildman–Crippen LogP) is 4.15. The third-order valence-corrected chi connectivity index (χ3v) is 8.19. The number of hydrogen-bond donors (Lipinski definition) is 2. The number of carboxylic acids is 1. The Hall–Kier alpha value is -3.59. The monoisotopic (exact) mass is 491 g/mol. The number of aryl methyl sites for hydroxylation is 1. The highest BCUT2D eigenvalue weighted by molar-refractivity contribution is 6.24. The number of nitro groups is 1. The molecule has 2 aromatic rings. The quantitative estimate of drug-likeness (QED) is 0.353. The largest absolute Gasteiger partial charge is 0.480 e. The second-order valence-electron chi connectivity index (χ2n) is 10.3. The second kappa shape index (κ2) is 9.13. The van der Waals surface area contributed by atoms with Crippen molar-refractivity contribution >= 4 is 29.2 Å². The number of fused-ring (bicyclic) bond motifs is 1. The maximum Gasteiger partial charge on any atom is 0.324 e. The summed E-state index contributed by atoms with van der Waals surface area (Å²) in [6.07, 6.45) is 5.18. The van der Waals surface area contributed by atoms with Gasteiger partial charge in [-0.2, -0.15) is 0 Å². The fraction of sp³-hybridized carbons (Fsp3) is 0.444. The normalized spacial score (nSPS) is 28.4. The van der Waals surface area contributed by atoms with Crippen LogP contribution in [0.3, 0.4) is 0 Å². The van der Waals surface area contributed by atoms with Gasteiger partial charge in [-0.25, -0.2) is 4.90 Å². The van der Waals surface area contributed by atoms with Gasteiger partial charge in [0.25, 0.3) is 5.69 Å². The number of nitrogens with one attached hydrogen (secondary N) is 1. The standard InChI is InChI=1S/C27H29N3O6/c1-16-8-5-6-13-20(16)23-21-22(27(28-23,26(33)34)15-17-9-3-2-4-10-17)25(32)29(24(21)31)18-11-7-12-19(14-18)30(35)36/h5-8,11-14,17,21-23,28H,2-4,9-10,15H2,1H3,(H,33,34). The van der Waals surface area contributed by atoms with Gasteiger partial charge < -0.3 is 5.11 Å². The van der Waals surface area contributed by atoms with E-state index in [1.807, 2.05) is 31.2 Å². The first-order chi connectivity index (χ1) is 17.2. The number of imide groups is 1. The molecule has 0 aromatic heterocycles. The van der Waals surface area contributed by atoms with E-state index < -0.39 is 46.1 Å². The topological polar surface area (TPSA) is 130 Å². The van der Waals surface area contributed by atoms with E-state index in [9.17, 15) is 29.6 Å². The highest BCUT2D eigenvalue weighted by Gasteiger charge is 2.69. The first-order valence-corrected chi connectivity index (χ1v) is 12.4. The number of rotatable bonds is 6. The van der Waals surface area contributed by atoms with E-state index in [0.717, 1.165) is 48.1 Å². The average Bonchev–Trinajstić information content (AvgIpc) is 3.34. The minimum Gasteiger partial charge on any atom is -0.480 e. The van der Waals surface area contributed by atoms with Gasteiger partial charge >= 0.3 is 5.97 Å². The number of nitro benzene ring substituents is 1. The van der Waals surface area contributed by atoms with E-state index in [0.29, 0.717) is 0 Å². The Morgan fingerprint density at radius 3 is 2.50 bits per heavy atom. The molecule has 4 atom stereocenters. The first kappa shape index (κ1) is 24.1. The Kier molecular flexibility index (Phi) is 6.12. The zero-order valence-electron chi connectivity index (χ0n) is 20.1. The van der Waals surface area contributed by atoms with E-state index in [4.69, 9.17) is 0 Å². The molecule has 0 radical (unpaired) electrons. The van der Waals surface area contributed by atoms with Gasteiger partial charge in [0.1, 0.15) is 5.54 Å². The summed E-state index contributed by atoms with van der Waals surface area (Å²) in [5.74, 6) is -4.20. The minimum atomic E-state index is -1.61. The van der Waals surface area contributed by atoms with Crippen molar-refractivity contribution in [1.29, 1.82) is 0 Å². The van der Waals surface area contributed by atoms with Crippen molar-refractivity contribution in [3.8, 4) is 0 Å². The summed E-state index contributed by atoms with van der Waals surface area (Å²) in [6, 6.07) is 12.2. The van der Waals surface area contributed by atoms with Crippen LogP contribution >= 0.6 is 0 Å². The Bertz CT molecular complexity index is 1240. The number of amides is 2. The molecule has 2 N–H and O–H groups in total. The van der Waals surface area contributed by atoms with Crippen molar-refractivity contribution in [1.82, 2.24) is 5.32 Å². The summed E-state index contributed by atoms with van der Waals surface area (Å²) in [5, 5.41) is 25.3. The lowest BCUT2D eigenvalue weighted by atomic mass is 9.72. The van der Waals surface area contributed by atoms with Gasteiger partial charge in [0.2, 0.25) is 11.8 Å². The van der Waals surface area contributed by atoms with Crippen molar-refractivity contribution in [2.45, 2.75) is 57.0 Å². The number of anilines is 1. The van der Waals surface area contributed by atoms with Crippen molar-refractivity contribution in [2.75, 3.05) is 4.90 Å². The molecule has 2 aromatic carbocycles. The van der Waals surface area contributed by atoms with Gasteiger partial charge in [0, 0.05) is 18.2 Å². The highest BCUT2D eigenvalue weighted by atomic mass is 16.6. The summed E-state index contributed by atoms with van der Waals surface area (Å²) in [7, 11) is 0. The van der Waals surface area contributed by atoms with E-state index in [1.165, 1.54) is 24.3 Å². The number of non-ortho nitro benzene ring substituents is 1. The van der Waals surface area contributed by atoms with E-state index >= 15 is 0 Å². The lowest BCUT2D eigenvalue weighted by Gasteiger charge is -2.35. The first-order valence-electron chi connectivity index (χ1n) is 12.4. The molecular formula is C27H29N3O6. The Balaban J connectivity index is 1.63. The summed E-state index contributed by atoms with van der Waals surface area (Å²) < 4.78 is 0. The van der Waals surface area contributed by atoms with Crippen LogP contribution in [0.4, 0.5) is 11.4 Å². The molecule has 0 spiro atoms. The van der Waals surface area contributed by atoms with Crippen LogP contribution in [0.5, 0.6) is 0 Å². The number of carboxylic acid groups (broad SMARTS) is 1. The van der Waals surface area contributed by atoms with Gasteiger partial charge in [0.15, 0.2) is 0 Å². The van der Waals surface area contributed by atoms with Gasteiger partial charge in [-0.15, -0.1) is 0 Å². The molecule has 3 fully saturated rings. The molecular weight excluding hydrogens is 462 g/mol. The maximum atomic E-state index is 13.9. The molecule has 2 saturated heterocycles. The molecule has 9 nitrogen and oxygen atoms in total. The van der Waals surface area contributed by atoms with Gasteiger partial charge in [-0.05, 0) is 36.5 Å². The molecule has 188 valence electrons. The summed E-state index contributed by atoms with van der Waals surface area (Å²) in [6.45, 7) is 1.90. The number of carbonyl (C=O) groups is 3. The lowest BCUT2D eigenvalue weighted by Crippen LogP contribution is -2.57. The molecule has 1 aliphatic carbocycles. The van der Waals surface area contributed by atoms with Crippen molar-refractivity contribution in [2.24, 2.45) is 17.8 Å². The fourth-order valence-corrected chi connectivity index (χ4v) is 6.52. The van der Waals surface area contributed by atoms with Crippen LogP contribution in [0.2, 0.25) is 0 Å². The van der Waals surface area contributed by atoms with Crippen LogP contribution in [-0.2, 0) is 14.4 Å². The number of aliphatic carboxylic acids is 1. The number of hydrogen-bond acceptors (Lipinski definition) is 6. The van der Waals surface area contributed by atoms with Crippen LogP contribution in [0, 0.1) is 34.8 Å². The van der Waals surface area contributed by atoms with Crippen LogP contribution in [0.15, 0.2) is 48.5 Å². The Labute approximate surface area is 208 Å². The van der Waals surface area contributed by atoms with Crippen molar-refractivity contribution < 1.29 is 24.4 Å². The molecule has 2 aliphatic heterocycles. The van der Waals surface area contributed by atoms with Crippen LogP contribution in [-0.4, -0.2) is 33.4 Å². The molecule has 3 aliphatic rings. The van der Waals surface area contributed by atoms with Crippen LogP contribution < -0.4 is 10.2 Å². The molecule has 5 rings (SSSR count). The summed E-state index contributed by atoms with van der Waals surface area (Å²) in [4.78, 5) is 52.5. The SMILES string of the molecule is Cc1ccccc1C1NC(CC2CCCCC2)(C(=O)O)C2C(=O)N(c3cccc([N+](=O)[O-])c3)C(=O)C12. The minimum absolute atomic E-state index is 0.0917. The van der Waals surface area contributed by atoms with Crippen molar-refractivity contribution in [3.05, 3.63) is 69.8 Å². The molecule has 2 heterocycles. The molecule has 9 heteroatoms. The molecule has 1 saturated carbocycles. The van der Waals surface area contributed by atoms with Gasteiger partial charge in [-0.3, -0.25) is 29.8 Å². The zero-order chi connectivity index (χ0) is 25.6. The zero-order valence-corrected chi connectivity index (χ0v) is 20.1. The third-order valence-electron chi connectivity index (χ3n) is 8.19. The smallest absolute Gasteiger partial charge is 0.324 e. The highest BCUT2D eigenvalue weighted by Crippen LogP contribution is 2.53. The summed E-state index contributed by atoms with van der Waals surface area (Å²) >= 11 is 0. The molecule has 4 unspecified atom stereocenters. The average molecular weight is 492 g/mol. The number of nitrogens with zero attached hydrogens (tertiary/aromatic N) is 2. The van der Waals surface area contributed by atoms with Gasteiger partial charge in [-0.1, -0.05) is 62.4 Å². The lowest BCUT2D eigenvalue weighted by molar-refractivity contribution is -0.384. The predicted molar refractivity (Wildman–Crippen MR) is 131 cm³/mol. The fourth-order valence-electron chi connectivity index (χ4n) is 6.52.